The van der Waals surface area contributed by atoms with E-state index in [1.807, 2.05) is 24.3 Å². The van der Waals surface area contributed by atoms with Gasteiger partial charge in [-0.3, -0.25) is 0 Å². The number of hydrogen-bond acceptors (Lipinski definition) is 3. The molecule has 2 amide bonds. The third kappa shape index (κ3) is 2.25. The maximum Gasteiger partial charge on any atom is 0.337 e. The summed E-state index contributed by atoms with van der Waals surface area (Å²) < 4.78 is 5.03. The van der Waals surface area contributed by atoms with Crippen LogP contribution in [0.3, 0.4) is 0 Å². The number of amides is 2. The number of allylic oxidation sites excluding steroid dienone is 1. The minimum atomic E-state index is -0.451. The standard InChI is InChI=1S/C13H15N2O3/c1-3-18-12(16)10-8(2)14-13(17)15-11(10)9-6-4-5-7-9/h4-7,11H,3H2,1-2H3,(H2,14,15,17)/q-1. The summed E-state index contributed by atoms with van der Waals surface area (Å²) in [6.45, 7) is 3.75. The molecule has 0 radical (unpaired) electrons. The number of esters is 1. The second-order valence-electron chi connectivity index (χ2n) is 4.01. The first-order valence-electron chi connectivity index (χ1n) is 5.80. The number of carbonyl (C=O) groups is 2. The van der Waals surface area contributed by atoms with E-state index in [2.05, 4.69) is 10.6 Å². The van der Waals surface area contributed by atoms with Crippen molar-refractivity contribution in [1.29, 1.82) is 0 Å². The van der Waals surface area contributed by atoms with Gasteiger partial charge in [-0.15, -0.1) is 0 Å². The van der Waals surface area contributed by atoms with Gasteiger partial charge < -0.3 is 15.4 Å². The molecular formula is C13H15N2O3-. The van der Waals surface area contributed by atoms with E-state index in [-0.39, 0.29) is 6.03 Å². The normalized spacial score (nSPS) is 19.2. The van der Waals surface area contributed by atoms with E-state index in [1.54, 1.807) is 13.8 Å². The molecular weight excluding hydrogens is 232 g/mol. The van der Waals surface area contributed by atoms with Crippen molar-refractivity contribution in [2.75, 3.05) is 6.61 Å². The van der Waals surface area contributed by atoms with Gasteiger partial charge in [0.25, 0.3) is 0 Å². The Balaban J connectivity index is 2.38. The lowest BCUT2D eigenvalue weighted by atomic mass is 9.97. The molecule has 1 aromatic rings. The maximum atomic E-state index is 11.9. The summed E-state index contributed by atoms with van der Waals surface area (Å²) in [6, 6.07) is 6.69. The predicted octanol–water partition coefficient (Wildman–Crippen LogP) is 1.60. The molecule has 1 aliphatic rings. The zero-order chi connectivity index (χ0) is 13.1. The van der Waals surface area contributed by atoms with Crippen LogP contribution in [0.15, 0.2) is 35.5 Å². The molecule has 0 saturated carbocycles. The van der Waals surface area contributed by atoms with Crippen LogP contribution in [0.25, 0.3) is 0 Å². The Labute approximate surface area is 105 Å². The molecule has 0 aliphatic carbocycles. The molecule has 1 atom stereocenters. The van der Waals surface area contributed by atoms with Crippen LogP contribution in [-0.2, 0) is 9.53 Å². The van der Waals surface area contributed by atoms with Crippen molar-refractivity contribution in [3.8, 4) is 0 Å². The molecule has 5 nitrogen and oxygen atoms in total. The van der Waals surface area contributed by atoms with Gasteiger partial charge in [0, 0.05) is 11.7 Å². The third-order valence-corrected chi connectivity index (χ3v) is 2.79. The minimum absolute atomic E-state index is 0.303. The van der Waals surface area contributed by atoms with Crippen molar-refractivity contribution >= 4 is 12.0 Å². The second-order valence-corrected chi connectivity index (χ2v) is 4.01. The lowest BCUT2D eigenvalue weighted by Crippen LogP contribution is -2.45. The monoisotopic (exact) mass is 247 g/mol. The smallest absolute Gasteiger partial charge is 0.337 e. The van der Waals surface area contributed by atoms with Crippen LogP contribution in [0, 0.1) is 0 Å². The third-order valence-electron chi connectivity index (χ3n) is 2.79. The van der Waals surface area contributed by atoms with Crippen LogP contribution < -0.4 is 10.6 Å². The molecule has 96 valence electrons. The van der Waals surface area contributed by atoms with Gasteiger partial charge in [-0.05, 0) is 13.8 Å². The van der Waals surface area contributed by atoms with E-state index in [0.717, 1.165) is 5.56 Å². The van der Waals surface area contributed by atoms with Gasteiger partial charge in [-0.1, -0.05) is 0 Å². The van der Waals surface area contributed by atoms with Crippen molar-refractivity contribution < 1.29 is 14.3 Å². The Morgan fingerprint density at radius 1 is 1.56 bits per heavy atom. The molecule has 5 heteroatoms. The summed E-state index contributed by atoms with van der Waals surface area (Å²) in [5.74, 6) is -0.409. The van der Waals surface area contributed by atoms with Gasteiger partial charge in [0.1, 0.15) is 0 Å². The fourth-order valence-corrected chi connectivity index (χ4v) is 2.00. The quantitative estimate of drug-likeness (QED) is 0.629. The van der Waals surface area contributed by atoms with E-state index in [0.29, 0.717) is 17.9 Å². The number of hydrogen-bond donors (Lipinski definition) is 2. The number of rotatable bonds is 3. The molecule has 1 aliphatic heterocycles. The number of urea groups is 1. The lowest BCUT2D eigenvalue weighted by molar-refractivity contribution is -0.139. The summed E-state index contributed by atoms with van der Waals surface area (Å²) in [4.78, 5) is 23.4. The highest BCUT2D eigenvalue weighted by Gasteiger charge is 2.28. The van der Waals surface area contributed by atoms with Crippen molar-refractivity contribution in [3.63, 3.8) is 0 Å². The van der Waals surface area contributed by atoms with Crippen molar-refractivity contribution in [2.24, 2.45) is 0 Å². The molecule has 2 N–H and O–H groups in total. The van der Waals surface area contributed by atoms with Crippen LogP contribution in [0.4, 0.5) is 4.79 Å². The van der Waals surface area contributed by atoms with Gasteiger partial charge in [0.15, 0.2) is 0 Å². The largest absolute Gasteiger partial charge is 0.463 e. The van der Waals surface area contributed by atoms with Gasteiger partial charge >= 0.3 is 12.0 Å². The van der Waals surface area contributed by atoms with Gasteiger partial charge in [-0.2, -0.15) is 23.8 Å². The van der Waals surface area contributed by atoms with Crippen LogP contribution in [0.2, 0.25) is 0 Å². The van der Waals surface area contributed by atoms with E-state index in [1.165, 1.54) is 0 Å². The Morgan fingerprint density at radius 3 is 2.94 bits per heavy atom. The highest BCUT2D eigenvalue weighted by Crippen LogP contribution is 2.27. The van der Waals surface area contributed by atoms with Crippen LogP contribution >= 0.6 is 0 Å². The fourth-order valence-electron chi connectivity index (χ4n) is 2.00. The van der Waals surface area contributed by atoms with E-state index in [4.69, 9.17) is 4.74 Å². The Bertz CT molecular complexity index is 488. The summed E-state index contributed by atoms with van der Waals surface area (Å²) in [5.41, 5.74) is 1.85. The minimum Gasteiger partial charge on any atom is -0.463 e. The Kier molecular flexibility index (Phi) is 3.41. The zero-order valence-corrected chi connectivity index (χ0v) is 10.3. The molecule has 1 aromatic carbocycles. The van der Waals surface area contributed by atoms with E-state index >= 15 is 0 Å². The highest BCUT2D eigenvalue weighted by molar-refractivity contribution is 5.95. The molecule has 0 saturated heterocycles. The van der Waals surface area contributed by atoms with Gasteiger partial charge in [0.05, 0.1) is 12.2 Å². The molecule has 18 heavy (non-hydrogen) atoms. The first kappa shape index (κ1) is 12.3. The average Bonchev–Trinajstić information content (AvgIpc) is 2.81. The van der Waals surface area contributed by atoms with E-state index < -0.39 is 12.0 Å². The molecule has 0 bridgehead atoms. The average molecular weight is 247 g/mol. The fraction of sp³-hybridized carbons (Fsp3) is 0.308. The van der Waals surface area contributed by atoms with Crippen molar-refractivity contribution in [1.82, 2.24) is 10.6 Å². The first-order chi connectivity index (χ1) is 8.63. The molecule has 0 aromatic heterocycles. The lowest BCUT2D eigenvalue weighted by Gasteiger charge is -2.30. The first-order valence-corrected chi connectivity index (χ1v) is 5.80. The Morgan fingerprint density at radius 2 is 2.33 bits per heavy atom. The molecule has 0 spiro atoms. The summed E-state index contributed by atoms with van der Waals surface area (Å²) in [7, 11) is 0. The van der Waals surface area contributed by atoms with Crippen LogP contribution in [0.1, 0.15) is 25.5 Å². The van der Waals surface area contributed by atoms with E-state index in [9.17, 15) is 9.59 Å². The van der Waals surface area contributed by atoms with Gasteiger partial charge in [0.2, 0.25) is 0 Å². The molecule has 1 heterocycles. The van der Waals surface area contributed by atoms with Crippen LogP contribution in [0.5, 0.6) is 0 Å². The van der Waals surface area contributed by atoms with Crippen molar-refractivity contribution in [2.45, 2.75) is 19.9 Å². The molecule has 0 fully saturated rings. The highest BCUT2D eigenvalue weighted by atomic mass is 16.5. The Hall–Kier alpha value is -2.17. The maximum absolute atomic E-state index is 11.9. The number of nitrogens with one attached hydrogen (secondary N) is 2. The van der Waals surface area contributed by atoms with Crippen molar-refractivity contribution in [3.05, 3.63) is 41.1 Å². The molecule has 1 unspecified atom stereocenters. The SMILES string of the molecule is CCOC(=O)C1=C(C)NC(=O)NC1c1cc[cH-]c1. The van der Waals surface area contributed by atoms with Gasteiger partial charge in [-0.25, -0.2) is 15.7 Å². The summed E-state index contributed by atoms with van der Waals surface area (Å²) in [5, 5.41) is 5.32. The number of ether oxygens (including phenoxy) is 1. The summed E-state index contributed by atoms with van der Waals surface area (Å²) in [6.07, 6.45) is 0. The second kappa shape index (κ2) is 5.00. The topological polar surface area (TPSA) is 67.4 Å². The zero-order valence-electron chi connectivity index (χ0n) is 10.3. The summed E-state index contributed by atoms with van der Waals surface area (Å²) >= 11 is 0. The number of carbonyl (C=O) groups excluding carboxylic acids is 2. The predicted molar refractivity (Wildman–Crippen MR) is 65.8 cm³/mol. The van der Waals surface area contributed by atoms with Crippen LogP contribution in [-0.4, -0.2) is 18.6 Å². The molecule has 2 rings (SSSR count).